The van der Waals surface area contributed by atoms with Crippen molar-refractivity contribution in [1.29, 1.82) is 0 Å². The van der Waals surface area contributed by atoms with Crippen molar-refractivity contribution < 1.29 is 13.6 Å². The summed E-state index contributed by atoms with van der Waals surface area (Å²) in [6.07, 6.45) is 1.18. The maximum absolute atomic E-state index is 14.0. The van der Waals surface area contributed by atoms with Gasteiger partial charge in [-0.2, -0.15) is 5.10 Å². The van der Waals surface area contributed by atoms with E-state index in [4.69, 9.17) is 0 Å². The molecule has 9 heteroatoms. The quantitative estimate of drug-likeness (QED) is 0.444. The topological polar surface area (TPSA) is 82.5 Å². The molecule has 5 rings (SSSR count). The van der Waals surface area contributed by atoms with Gasteiger partial charge in [0.25, 0.3) is 11.5 Å². The van der Waals surface area contributed by atoms with E-state index in [1.807, 2.05) is 35.2 Å². The lowest BCUT2D eigenvalue weighted by Gasteiger charge is -2.24. The Morgan fingerprint density at radius 1 is 1.23 bits per heavy atom. The predicted octanol–water partition coefficient (Wildman–Crippen LogP) is 3.65. The van der Waals surface area contributed by atoms with Crippen LogP contribution in [0.4, 0.5) is 8.78 Å². The van der Waals surface area contributed by atoms with Crippen molar-refractivity contribution in [2.75, 3.05) is 19.6 Å². The number of aromatic amines is 1. The Hall–Kier alpha value is -3.85. The monoisotopic (exact) mass is 477 g/mol. The van der Waals surface area contributed by atoms with E-state index in [0.29, 0.717) is 42.9 Å². The molecule has 1 amide bonds. The molecule has 0 saturated carbocycles. The predicted molar refractivity (Wildman–Crippen MR) is 129 cm³/mol. The number of H-pyrrole nitrogens is 1. The van der Waals surface area contributed by atoms with E-state index in [0.717, 1.165) is 5.56 Å². The first-order chi connectivity index (χ1) is 16.9. The van der Waals surface area contributed by atoms with Crippen molar-refractivity contribution in [2.45, 2.75) is 25.6 Å². The highest BCUT2D eigenvalue weighted by atomic mass is 19.1. The molecule has 0 spiro atoms. The number of aromatic nitrogens is 3. The van der Waals surface area contributed by atoms with Crippen LogP contribution in [0.15, 0.2) is 65.6 Å². The first-order valence-corrected chi connectivity index (χ1v) is 11.5. The lowest BCUT2D eigenvalue weighted by molar-refractivity contribution is 0.0921. The molecule has 1 fully saturated rings. The fourth-order valence-corrected chi connectivity index (χ4v) is 4.38. The largest absolute Gasteiger partial charge is 0.343 e. The molecule has 2 atom stereocenters. The number of alkyl halides is 1. The minimum atomic E-state index is -0.858. The summed E-state index contributed by atoms with van der Waals surface area (Å²) in [6.45, 7) is 3.09. The van der Waals surface area contributed by atoms with E-state index in [2.05, 4.69) is 15.4 Å². The molecule has 35 heavy (non-hydrogen) atoms. The summed E-state index contributed by atoms with van der Waals surface area (Å²) in [7, 11) is 0. The number of fused-ring (bicyclic) bond motifs is 1. The number of rotatable bonds is 6. The third-order valence-electron chi connectivity index (χ3n) is 6.35. The molecular weight excluding hydrogens is 452 g/mol. The molecule has 2 aromatic heterocycles. The van der Waals surface area contributed by atoms with Crippen molar-refractivity contribution in [3.05, 3.63) is 93.8 Å². The highest BCUT2D eigenvalue weighted by molar-refractivity contribution is 5.93. The van der Waals surface area contributed by atoms with Gasteiger partial charge in [0.1, 0.15) is 17.5 Å². The highest BCUT2D eigenvalue weighted by Gasteiger charge is 2.26. The minimum Gasteiger partial charge on any atom is -0.343 e. The fourth-order valence-electron chi connectivity index (χ4n) is 4.38. The van der Waals surface area contributed by atoms with E-state index in [-0.39, 0.29) is 23.1 Å². The van der Waals surface area contributed by atoms with Crippen molar-refractivity contribution in [3.8, 4) is 11.3 Å². The number of amides is 1. The average Bonchev–Trinajstić information content (AvgIpc) is 3.47. The van der Waals surface area contributed by atoms with Gasteiger partial charge in [0.2, 0.25) is 0 Å². The van der Waals surface area contributed by atoms with Crippen molar-refractivity contribution >= 4 is 11.4 Å². The van der Waals surface area contributed by atoms with Crippen molar-refractivity contribution in [3.63, 3.8) is 0 Å². The zero-order chi connectivity index (χ0) is 24.5. The van der Waals surface area contributed by atoms with Gasteiger partial charge in [-0.1, -0.05) is 42.5 Å². The Kier molecular flexibility index (Phi) is 6.17. The number of nitrogens with one attached hydrogen (secondary N) is 2. The molecule has 2 aromatic carbocycles. The molecule has 180 valence electrons. The van der Waals surface area contributed by atoms with Gasteiger partial charge in [0.15, 0.2) is 5.69 Å². The van der Waals surface area contributed by atoms with E-state index in [1.165, 1.54) is 16.6 Å². The molecule has 0 bridgehead atoms. The number of benzene rings is 2. The second-order valence-corrected chi connectivity index (χ2v) is 8.90. The van der Waals surface area contributed by atoms with Crippen LogP contribution >= 0.6 is 0 Å². The molecule has 0 unspecified atom stereocenters. The Morgan fingerprint density at radius 3 is 2.74 bits per heavy atom. The van der Waals surface area contributed by atoms with Gasteiger partial charge in [-0.15, -0.1) is 0 Å². The summed E-state index contributed by atoms with van der Waals surface area (Å²) >= 11 is 0. The van der Waals surface area contributed by atoms with Crippen LogP contribution in [0.5, 0.6) is 0 Å². The third-order valence-corrected chi connectivity index (χ3v) is 6.35. The number of carbonyl (C=O) groups excluding carboxylic acids is 1. The van der Waals surface area contributed by atoms with Crippen LogP contribution < -0.4 is 10.9 Å². The van der Waals surface area contributed by atoms with Gasteiger partial charge < -0.3 is 10.3 Å². The number of nitrogens with zero attached hydrogens (tertiary/aromatic N) is 3. The zero-order valence-corrected chi connectivity index (χ0v) is 19.2. The Balaban J connectivity index is 1.42. The molecule has 0 aliphatic carbocycles. The van der Waals surface area contributed by atoms with Crippen LogP contribution in [0.25, 0.3) is 16.8 Å². The highest BCUT2D eigenvalue weighted by Crippen LogP contribution is 2.21. The standard InChI is InChI=1S/C26H25F2N5O2/c1-16-7-8-18(11-20(16)28)23-15-33-24(26(35)30-23)12-21(31-33)25(34)29-22(17-5-3-2-4-6-17)14-32-10-9-19(27)13-32/h2-8,11-12,15,19,22H,9-10,13-14H2,1H3,(H,29,34)(H,30,35)/t19-,22-/m1/s1. The smallest absolute Gasteiger partial charge is 0.274 e. The Labute approximate surface area is 200 Å². The number of carbonyl (C=O) groups is 1. The molecular formula is C26H25F2N5O2. The van der Waals surface area contributed by atoms with Crippen LogP contribution in [0.3, 0.4) is 0 Å². The lowest BCUT2D eigenvalue weighted by atomic mass is 10.1. The van der Waals surface area contributed by atoms with Crippen LogP contribution in [0.2, 0.25) is 0 Å². The van der Waals surface area contributed by atoms with Gasteiger partial charge in [-0.3, -0.25) is 14.5 Å². The van der Waals surface area contributed by atoms with Crippen LogP contribution in [0, 0.1) is 12.7 Å². The summed E-state index contributed by atoms with van der Waals surface area (Å²) in [5.74, 6) is -0.825. The van der Waals surface area contributed by atoms with Crippen LogP contribution in [-0.4, -0.2) is 51.2 Å². The van der Waals surface area contributed by atoms with E-state index in [1.54, 1.807) is 25.3 Å². The maximum Gasteiger partial charge on any atom is 0.274 e. The minimum absolute atomic E-state index is 0.0773. The number of aryl methyl sites for hydroxylation is 1. The van der Waals surface area contributed by atoms with Gasteiger partial charge in [-0.25, -0.2) is 13.3 Å². The summed E-state index contributed by atoms with van der Waals surface area (Å²) in [5, 5.41) is 7.30. The second kappa shape index (κ2) is 9.42. The van der Waals surface area contributed by atoms with E-state index < -0.39 is 17.6 Å². The summed E-state index contributed by atoms with van der Waals surface area (Å²) in [4.78, 5) is 30.5. The summed E-state index contributed by atoms with van der Waals surface area (Å²) < 4.78 is 29.1. The maximum atomic E-state index is 14.0. The van der Waals surface area contributed by atoms with Gasteiger partial charge in [0.05, 0.1) is 17.9 Å². The number of hydrogen-bond donors (Lipinski definition) is 2. The molecule has 2 N–H and O–H groups in total. The number of hydrogen-bond acceptors (Lipinski definition) is 4. The first kappa shape index (κ1) is 22.9. The molecule has 3 heterocycles. The second-order valence-electron chi connectivity index (χ2n) is 8.90. The lowest BCUT2D eigenvalue weighted by Crippen LogP contribution is -2.37. The van der Waals surface area contributed by atoms with Crippen molar-refractivity contribution in [1.82, 2.24) is 24.8 Å². The SMILES string of the molecule is Cc1ccc(-c2cn3nc(C(=O)N[C@H](CN4CC[C@@H](F)C4)c4ccccc4)cc3c(=O)[nH]2)cc1F. The van der Waals surface area contributed by atoms with Crippen LogP contribution in [-0.2, 0) is 0 Å². The van der Waals surface area contributed by atoms with Crippen molar-refractivity contribution in [2.24, 2.45) is 0 Å². The van der Waals surface area contributed by atoms with Gasteiger partial charge in [-0.05, 0) is 30.5 Å². The number of halogens is 2. The Morgan fingerprint density at radius 2 is 2.03 bits per heavy atom. The normalized spacial score (nSPS) is 17.1. The molecule has 1 saturated heterocycles. The number of likely N-dealkylation sites (tertiary alicyclic amines) is 1. The molecule has 1 aliphatic rings. The van der Waals surface area contributed by atoms with E-state index in [9.17, 15) is 18.4 Å². The zero-order valence-electron chi connectivity index (χ0n) is 19.2. The van der Waals surface area contributed by atoms with Gasteiger partial charge in [0, 0.05) is 31.3 Å². The fraction of sp³-hybridized carbons (Fsp3) is 0.269. The molecule has 7 nitrogen and oxygen atoms in total. The third kappa shape index (κ3) is 4.85. The molecule has 1 aliphatic heterocycles. The summed E-state index contributed by atoms with van der Waals surface area (Å²) in [5.41, 5.74) is 2.10. The first-order valence-electron chi connectivity index (χ1n) is 11.5. The summed E-state index contributed by atoms with van der Waals surface area (Å²) in [6, 6.07) is 15.2. The molecule has 4 aromatic rings. The van der Waals surface area contributed by atoms with E-state index >= 15 is 0 Å². The van der Waals surface area contributed by atoms with Gasteiger partial charge >= 0.3 is 0 Å². The average molecular weight is 478 g/mol. The molecule has 0 radical (unpaired) electrons. The Bertz CT molecular complexity index is 1430. The van der Waals surface area contributed by atoms with Crippen LogP contribution in [0.1, 0.15) is 34.1 Å².